The van der Waals surface area contributed by atoms with Crippen LogP contribution in [0.2, 0.25) is 0 Å². The molecule has 0 aliphatic carbocycles. The summed E-state index contributed by atoms with van der Waals surface area (Å²) in [6, 6.07) is 7.45. The first-order valence-corrected chi connectivity index (χ1v) is 3.65. The van der Waals surface area contributed by atoms with Crippen LogP contribution in [0.1, 0.15) is 0 Å². The number of nitrogen functional groups attached to an aromatic ring is 1. The number of rotatable bonds is 2. The lowest BCUT2D eigenvalue weighted by Gasteiger charge is -2.18. The maximum absolute atomic E-state index is 5.53. The monoisotopic (exact) mass is 163 g/mol. The minimum absolute atomic E-state index is 0.514. The maximum atomic E-state index is 5.53. The highest BCUT2D eigenvalue weighted by atomic mass is 15.2. The molecule has 4 N–H and O–H groups in total. The molecule has 0 bridgehead atoms. The highest BCUT2D eigenvalue weighted by Crippen LogP contribution is 2.15. The molecule has 0 unspecified atom stereocenters. The molecule has 0 saturated carbocycles. The molecule has 64 valence electrons. The fraction of sp³-hybridized carbons (Fsp3) is 0.111. The van der Waals surface area contributed by atoms with Crippen molar-refractivity contribution in [2.75, 3.05) is 17.7 Å². The van der Waals surface area contributed by atoms with Crippen molar-refractivity contribution in [1.82, 2.24) is 0 Å². The van der Waals surface area contributed by atoms with Gasteiger partial charge in [0.25, 0.3) is 0 Å². The zero-order chi connectivity index (χ0) is 9.14. The molecule has 0 aromatic heterocycles. The molecule has 0 atom stereocenters. The molecule has 1 rings (SSSR count). The number of hydrogen-bond acceptors (Lipinski definition) is 3. The van der Waals surface area contributed by atoms with Crippen molar-refractivity contribution in [1.29, 1.82) is 0 Å². The predicted molar refractivity (Wildman–Crippen MR) is 52.6 cm³/mol. The van der Waals surface area contributed by atoms with E-state index in [4.69, 9.17) is 11.5 Å². The third-order valence-electron chi connectivity index (χ3n) is 1.71. The Labute approximate surface area is 72.3 Å². The van der Waals surface area contributed by atoms with E-state index in [0.29, 0.717) is 5.82 Å². The van der Waals surface area contributed by atoms with Gasteiger partial charge in [0.1, 0.15) is 0 Å². The van der Waals surface area contributed by atoms with Gasteiger partial charge in [-0.15, -0.1) is 0 Å². The van der Waals surface area contributed by atoms with E-state index in [1.807, 2.05) is 31.3 Å². The number of nitrogens with zero attached hydrogens (tertiary/aromatic N) is 1. The van der Waals surface area contributed by atoms with Crippen LogP contribution in [0.4, 0.5) is 11.4 Å². The van der Waals surface area contributed by atoms with Crippen LogP contribution in [0.5, 0.6) is 0 Å². The molecule has 0 radical (unpaired) electrons. The zero-order valence-electron chi connectivity index (χ0n) is 7.12. The smallest absolute Gasteiger partial charge is 0.0954 e. The molecule has 0 saturated heterocycles. The van der Waals surface area contributed by atoms with Gasteiger partial charge in [0.05, 0.1) is 5.82 Å². The molecule has 0 amide bonds. The first kappa shape index (κ1) is 8.46. The summed E-state index contributed by atoms with van der Waals surface area (Å²) >= 11 is 0. The molecule has 12 heavy (non-hydrogen) atoms. The first-order valence-electron chi connectivity index (χ1n) is 3.65. The summed E-state index contributed by atoms with van der Waals surface area (Å²) in [7, 11) is 1.86. The van der Waals surface area contributed by atoms with E-state index in [9.17, 15) is 0 Å². The highest BCUT2D eigenvalue weighted by molar-refractivity contribution is 5.55. The second-order valence-corrected chi connectivity index (χ2v) is 2.64. The normalized spacial score (nSPS) is 9.42. The average molecular weight is 163 g/mol. The van der Waals surface area contributed by atoms with Gasteiger partial charge in [-0.3, -0.25) is 0 Å². The molecule has 0 fully saturated rings. The lowest BCUT2D eigenvalue weighted by Crippen LogP contribution is -2.21. The molecule has 0 heterocycles. The second kappa shape index (κ2) is 3.17. The third kappa shape index (κ3) is 1.69. The number of benzene rings is 1. The van der Waals surface area contributed by atoms with Gasteiger partial charge in [-0.05, 0) is 24.3 Å². The topological polar surface area (TPSA) is 55.3 Å². The van der Waals surface area contributed by atoms with Crippen molar-refractivity contribution >= 4 is 11.4 Å². The van der Waals surface area contributed by atoms with Crippen molar-refractivity contribution in [2.45, 2.75) is 0 Å². The van der Waals surface area contributed by atoms with E-state index >= 15 is 0 Å². The molecule has 3 heteroatoms. The molecule has 1 aromatic rings. The van der Waals surface area contributed by atoms with Crippen LogP contribution in [0, 0.1) is 0 Å². The molecular weight excluding hydrogens is 150 g/mol. The number of hydrogen-bond donors (Lipinski definition) is 2. The fourth-order valence-corrected chi connectivity index (χ4v) is 0.864. The van der Waals surface area contributed by atoms with Crippen molar-refractivity contribution in [3.05, 3.63) is 36.7 Å². The van der Waals surface area contributed by atoms with Gasteiger partial charge in [0.15, 0.2) is 0 Å². The lowest BCUT2D eigenvalue weighted by molar-refractivity contribution is 1.07. The Balaban J connectivity index is 2.89. The number of anilines is 2. The Morgan fingerprint density at radius 1 is 1.33 bits per heavy atom. The van der Waals surface area contributed by atoms with E-state index in [1.165, 1.54) is 0 Å². The van der Waals surface area contributed by atoms with E-state index in [0.717, 1.165) is 11.4 Å². The summed E-state index contributed by atoms with van der Waals surface area (Å²) < 4.78 is 0. The van der Waals surface area contributed by atoms with Crippen LogP contribution in [-0.2, 0) is 0 Å². The van der Waals surface area contributed by atoms with Crippen molar-refractivity contribution in [3.63, 3.8) is 0 Å². The summed E-state index contributed by atoms with van der Waals surface area (Å²) in [5, 5.41) is 0. The molecule has 3 nitrogen and oxygen atoms in total. The summed E-state index contributed by atoms with van der Waals surface area (Å²) in [5.41, 5.74) is 12.8. The van der Waals surface area contributed by atoms with Crippen LogP contribution in [0.3, 0.4) is 0 Å². The summed E-state index contributed by atoms with van der Waals surface area (Å²) in [5.74, 6) is 0.514. The summed E-state index contributed by atoms with van der Waals surface area (Å²) in [4.78, 5) is 1.79. The van der Waals surface area contributed by atoms with Crippen LogP contribution in [-0.4, -0.2) is 7.05 Å². The van der Waals surface area contributed by atoms with E-state index in [-0.39, 0.29) is 0 Å². The van der Waals surface area contributed by atoms with Gasteiger partial charge in [0, 0.05) is 18.4 Å². The molecule has 0 aliphatic rings. The average Bonchev–Trinajstić information content (AvgIpc) is 2.04. The zero-order valence-corrected chi connectivity index (χ0v) is 7.12. The lowest BCUT2D eigenvalue weighted by atomic mass is 10.3. The van der Waals surface area contributed by atoms with E-state index in [2.05, 4.69) is 6.58 Å². The largest absolute Gasteiger partial charge is 0.399 e. The van der Waals surface area contributed by atoms with Gasteiger partial charge in [-0.1, -0.05) is 6.58 Å². The van der Waals surface area contributed by atoms with Gasteiger partial charge in [-0.2, -0.15) is 0 Å². The van der Waals surface area contributed by atoms with Crippen LogP contribution in [0.15, 0.2) is 36.7 Å². The quantitative estimate of drug-likeness (QED) is 0.643. The Bertz CT molecular complexity index is 276. The molecule has 0 aliphatic heterocycles. The second-order valence-electron chi connectivity index (χ2n) is 2.64. The van der Waals surface area contributed by atoms with Crippen LogP contribution in [0.25, 0.3) is 0 Å². The fourth-order valence-electron chi connectivity index (χ4n) is 0.864. The third-order valence-corrected chi connectivity index (χ3v) is 1.71. The summed E-state index contributed by atoms with van der Waals surface area (Å²) in [6.45, 7) is 3.63. The Kier molecular flexibility index (Phi) is 2.24. The Morgan fingerprint density at radius 3 is 2.25 bits per heavy atom. The van der Waals surface area contributed by atoms with Gasteiger partial charge >= 0.3 is 0 Å². The molecule has 1 aromatic carbocycles. The Hall–Kier alpha value is -1.64. The SMILES string of the molecule is C=C(N)N(C)c1ccc(N)cc1. The molecule has 0 spiro atoms. The van der Waals surface area contributed by atoms with Crippen molar-refractivity contribution < 1.29 is 0 Å². The van der Waals surface area contributed by atoms with Gasteiger partial charge < -0.3 is 16.4 Å². The molecular formula is C9H13N3. The van der Waals surface area contributed by atoms with Gasteiger partial charge in [-0.25, -0.2) is 0 Å². The van der Waals surface area contributed by atoms with E-state index < -0.39 is 0 Å². The van der Waals surface area contributed by atoms with E-state index in [1.54, 1.807) is 4.90 Å². The van der Waals surface area contributed by atoms with Crippen molar-refractivity contribution in [3.8, 4) is 0 Å². The first-order chi connectivity index (χ1) is 5.61. The van der Waals surface area contributed by atoms with Gasteiger partial charge in [0.2, 0.25) is 0 Å². The highest BCUT2D eigenvalue weighted by Gasteiger charge is 1.99. The predicted octanol–water partition coefficient (Wildman–Crippen LogP) is 1.13. The number of nitrogens with two attached hydrogens (primary N) is 2. The minimum Gasteiger partial charge on any atom is -0.399 e. The van der Waals surface area contributed by atoms with Crippen LogP contribution >= 0.6 is 0 Å². The summed E-state index contributed by atoms with van der Waals surface area (Å²) in [6.07, 6.45) is 0. The Morgan fingerprint density at radius 2 is 1.83 bits per heavy atom. The standard InChI is InChI=1S/C9H13N3/c1-7(10)12(2)9-5-3-8(11)4-6-9/h3-6H,1,10-11H2,2H3. The van der Waals surface area contributed by atoms with Crippen LogP contribution < -0.4 is 16.4 Å². The minimum atomic E-state index is 0.514. The maximum Gasteiger partial charge on any atom is 0.0954 e. The van der Waals surface area contributed by atoms with Crippen molar-refractivity contribution in [2.24, 2.45) is 5.73 Å².